The molecule has 0 atom stereocenters. The summed E-state index contributed by atoms with van der Waals surface area (Å²) >= 11 is 0. The molecule has 82 valence electrons. The number of fused-ring (bicyclic) bond motifs is 1. The Bertz CT molecular complexity index is 346. The van der Waals surface area contributed by atoms with Gasteiger partial charge in [-0.2, -0.15) is 0 Å². The number of halogens is 2. The summed E-state index contributed by atoms with van der Waals surface area (Å²) in [7, 11) is 0. The van der Waals surface area contributed by atoms with E-state index in [2.05, 4.69) is 15.3 Å². The lowest BCUT2D eigenvalue weighted by atomic mass is 10.1. The van der Waals surface area contributed by atoms with E-state index in [0.717, 1.165) is 24.2 Å². The number of ether oxygens (including phenoxy) is 1. The lowest BCUT2D eigenvalue weighted by molar-refractivity contribution is 0.0787. The summed E-state index contributed by atoms with van der Waals surface area (Å²) in [5.41, 5.74) is 1.68. The molecule has 2 rings (SSSR count). The van der Waals surface area contributed by atoms with Crippen molar-refractivity contribution in [3.8, 4) is 5.88 Å². The summed E-state index contributed by atoms with van der Waals surface area (Å²) in [5, 5.41) is 3.12. The first-order valence-electron chi connectivity index (χ1n) is 4.72. The topological polar surface area (TPSA) is 47.0 Å². The van der Waals surface area contributed by atoms with Gasteiger partial charge in [0.05, 0.1) is 5.69 Å². The number of aromatic nitrogens is 2. The van der Waals surface area contributed by atoms with Crippen molar-refractivity contribution in [3.05, 3.63) is 17.6 Å². The van der Waals surface area contributed by atoms with Crippen LogP contribution in [0.1, 0.15) is 11.3 Å². The predicted octanol–water partition coefficient (Wildman–Crippen LogP) is 0.766. The summed E-state index contributed by atoms with van der Waals surface area (Å²) in [6, 6.07) is 0. The lowest BCUT2D eigenvalue weighted by Crippen LogP contribution is -2.26. The second kappa shape index (κ2) is 4.48. The molecule has 1 aliphatic rings. The maximum absolute atomic E-state index is 12.0. The van der Waals surface area contributed by atoms with Crippen LogP contribution in [0.3, 0.4) is 0 Å². The van der Waals surface area contributed by atoms with Crippen LogP contribution in [0.4, 0.5) is 8.78 Å². The summed E-state index contributed by atoms with van der Waals surface area (Å²) in [4.78, 5) is 7.95. The van der Waals surface area contributed by atoms with Crippen LogP contribution < -0.4 is 10.1 Å². The summed E-state index contributed by atoms with van der Waals surface area (Å²) in [5.74, 6) is 0.271. The molecule has 15 heavy (non-hydrogen) atoms. The molecule has 0 unspecified atom stereocenters. The SMILES string of the molecule is FC(F)COc1ncnc2c1CNCC2. The van der Waals surface area contributed by atoms with Gasteiger partial charge in [0.15, 0.2) is 6.61 Å². The third kappa shape index (κ3) is 2.38. The van der Waals surface area contributed by atoms with Gasteiger partial charge in [-0.1, -0.05) is 0 Å². The first-order valence-corrected chi connectivity index (χ1v) is 4.72. The third-order valence-electron chi connectivity index (χ3n) is 2.18. The van der Waals surface area contributed by atoms with E-state index in [1.807, 2.05) is 0 Å². The molecular formula is C9H11F2N3O. The van der Waals surface area contributed by atoms with Crippen molar-refractivity contribution >= 4 is 0 Å². The van der Waals surface area contributed by atoms with Crippen LogP contribution in [0.2, 0.25) is 0 Å². The van der Waals surface area contributed by atoms with Crippen LogP contribution in [0.15, 0.2) is 6.33 Å². The second-order valence-corrected chi connectivity index (χ2v) is 3.23. The molecule has 0 spiro atoms. The first-order chi connectivity index (χ1) is 7.27. The Hall–Kier alpha value is -1.30. The quantitative estimate of drug-likeness (QED) is 0.808. The highest BCUT2D eigenvalue weighted by Gasteiger charge is 2.16. The average Bonchev–Trinajstić information content (AvgIpc) is 2.26. The summed E-state index contributed by atoms with van der Waals surface area (Å²) < 4.78 is 28.9. The zero-order valence-electron chi connectivity index (χ0n) is 8.04. The van der Waals surface area contributed by atoms with Crippen LogP contribution in [0.25, 0.3) is 0 Å². The van der Waals surface area contributed by atoms with Crippen LogP contribution in [0.5, 0.6) is 5.88 Å². The number of hydrogen-bond donors (Lipinski definition) is 1. The zero-order chi connectivity index (χ0) is 10.7. The fourth-order valence-electron chi connectivity index (χ4n) is 1.51. The minimum Gasteiger partial charge on any atom is -0.471 e. The van der Waals surface area contributed by atoms with E-state index in [1.165, 1.54) is 6.33 Å². The Balaban J connectivity index is 2.16. The molecule has 0 saturated heterocycles. The van der Waals surface area contributed by atoms with E-state index in [9.17, 15) is 8.78 Å². The van der Waals surface area contributed by atoms with Crippen LogP contribution in [-0.2, 0) is 13.0 Å². The molecule has 0 amide bonds. The van der Waals surface area contributed by atoms with Gasteiger partial charge in [-0.3, -0.25) is 0 Å². The van der Waals surface area contributed by atoms with Gasteiger partial charge in [-0.25, -0.2) is 18.7 Å². The van der Waals surface area contributed by atoms with Crippen LogP contribution in [0, 0.1) is 0 Å². The molecule has 0 fully saturated rings. The van der Waals surface area contributed by atoms with Crippen LogP contribution >= 0.6 is 0 Å². The second-order valence-electron chi connectivity index (χ2n) is 3.23. The summed E-state index contributed by atoms with van der Waals surface area (Å²) in [6.45, 7) is 0.802. The molecule has 0 saturated carbocycles. The number of alkyl halides is 2. The smallest absolute Gasteiger partial charge is 0.272 e. The molecule has 1 aromatic heterocycles. The molecule has 1 aliphatic heterocycles. The average molecular weight is 215 g/mol. The first kappa shape index (κ1) is 10.2. The maximum atomic E-state index is 12.0. The van der Waals surface area contributed by atoms with Crippen molar-refractivity contribution in [1.82, 2.24) is 15.3 Å². The highest BCUT2D eigenvalue weighted by atomic mass is 19.3. The Kier molecular flexibility index (Phi) is 3.05. The predicted molar refractivity (Wildman–Crippen MR) is 48.9 cm³/mol. The van der Waals surface area contributed by atoms with E-state index in [1.54, 1.807) is 0 Å². The molecule has 0 bridgehead atoms. The van der Waals surface area contributed by atoms with Gasteiger partial charge in [-0.15, -0.1) is 0 Å². The van der Waals surface area contributed by atoms with Gasteiger partial charge in [-0.05, 0) is 0 Å². The van der Waals surface area contributed by atoms with Gasteiger partial charge in [0, 0.05) is 25.1 Å². The Morgan fingerprint density at radius 3 is 3.13 bits per heavy atom. The molecule has 6 heteroatoms. The number of nitrogens with zero attached hydrogens (tertiary/aromatic N) is 2. The molecule has 1 N–H and O–H groups in total. The Labute approximate surface area is 85.7 Å². The summed E-state index contributed by atoms with van der Waals surface area (Å²) in [6.07, 6.45) is -0.347. The molecule has 0 aromatic carbocycles. The molecule has 4 nitrogen and oxygen atoms in total. The molecular weight excluding hydrogens is 204 g/mol. The molecule has 0 aliphatic carbocycles. The lowest BCUT2D eigenvalue weighted by Gasteiger charge is -2.18. The van der Waals surface area contributed by atoms with Crippen LogP contribution in [-0.4, -0.2) is 29.5 Å². The van der Waals surface area contributed by atoms with E-state index in [0.29, 0.717) is 6.54 Å². The van der Waals surface area contributed by atoms with E-state index < -0.39 is 13.0 Å². The largest absolute Gasteiger partial charge is 0.471 e. The Morgan fingerprint density at radius 2 is 2.33 bits per heavy atom. The van der Waals surface area contributed by atoms with Crippen molar-refractivity contribution in [2.45, 2.75) is 19.4 Å². The minimum atomic E-state index is -2.48. The van der Waals surface area contributed by atoms with Crippen molar-refractivity contribution in [3.63, 3.8) is 0 Å². The Morgan fingerprint density at radius 1 is 1.47 bits per heavy atom. The zero-order valence-corrected chi connectivity index (χ0v) is 8.04. The van der Waals surface area contributed by atoms with E-state index >= 15 is 0 Å². The fourth-order valence-corrected chi connectivity index (χ4v) is 1.51. The maximum Gasteiger partial charge on any atom is 0.272 e. The number of nitrogens with one attached hydrogen (secondary N) is 1. The number of hydrogen-bond acceptors (Lipinski definition) is 4. The fraction of sp³-hybridized carbons (Fsp3) is 0.556. The minimum absolute atomic E-state index is 0.271. The van der Waals surface area contributed by atoms with Crippen molar-refractivity contribution in [1.29, 1.82) is 0 Å². The standard InChI is InChI=1S/C9H11F2N3O/c10-8(11)4-15-9-6-3-12-2-1-7(6)13-5-14-9/h5,8,12H,1-4H2. The normalized spacial score (nSPS) is 15.1. The van der Waals surface area contributed by atoms with Gasteiger partial charge in [0.2, 0.25) is 5.88 Å². The highest BCUT2D eigenvalue weighted by molar-refractivity contribution is 5.31. The van der Waals surface area contributed by atoms with Gasteiger partial charge < -0.3 is 10.1 Å². The monoisotopic (exact) mass is 215 g/mol. The number of rotatable bonds is 3. The van der Waals surface area contributed by atoms with Gasteiger partial charge >= 0.3 is 0 Å². The van der Waals surface area contributed by atoms with E-state index in [4.69, 9.17) is 4.74 Å². The molecule has 1 aromatic rings. The van der Waals surface area contributed by atoms with Gasteiger partial charge in [0.1, 0.15) is 6.33 Å². The third-order valence-corrected chi connectivity index (χ3v) is 2.18. The van der Waals surface area contributed by atoms with Gasteiger partial charge in [0.25, 0.3) is 6.43 Å². The highest BCUT2D eigenvalue weighted by Crippen LogP contribution is 2.20. The van der Waals surface area contributed by atoms with Crippen molar-refractivity contribution < 1.29 is 13.5 Å². The molecule has 2 heterocycles. The van der Waals surface area contributed by atoms with Crippen molar-refractivity contribution in [2.24, 2.45) is 0 Å². The molecule has 0 radical (unpaired) electrons. The van der Waals surface area contributed by atoms with E-state index in [-0.39, 0.29) is 5.88 Å². The van der Waals surface area contributed by atoms with Crippen molar-refractivity contribution in [2.75, 3.05) is 13.2 Å².